The first kappa shape index (κ1) is 22.7. The average molecular weight is 491 g/mol. The van der Waals surface area contributed by atoms with Crippen LogP contribution < -0.4 is 14.5 Å². The number of methoxy groups -OCH3 is 1. The van der Waals surface area contributed by atoms with Gasteiger partial charge in [-0.2, -0.15) is 0 Å². The van der Waals surface area contributed by atoms with Crippen molar-refractivity contribution in [2.24, 2.45) is 11.8 Å². The van der Waals surface area contributed by atoms with Gasteiger partial charge in [-0.15, -0.1) is 0 Å². The number of likely N-dealkylation sites (N-methyl/N-ethyl adjacent to an activating group) is 1. The number of nitro benzene ring substituents is 1. The van der Waals surface area contributed by atoms with E-state index in [1.807, 2.05) is 31.2 Å². The van der Waals surface area contributed by atoms with Gasteiger partial charge in [-0.1, -0.05) is 18.2 Å². The molecule has 0 aromatic heterocycles. The Morgan fingerprint density at radius 1 is 1.14 bits per heavy atom. The Morgan fingerprint density at radius 2 is 1.89 bits per heavy atom. The highest BCUT2D eigenvalue weighted by atomic mass is 16.6. The zero-order valence-corrected chi connectivity index (χ0v) is 20.3. The number of hydrogen-bond acceptors (Lipinski definition) is 7. The van der Waals surface area contributed by atoms with E-state index in [9.17, 15) is 24.5 Å². The van der Waals surface area contributed by atoms with E-state index in [1.165, 1.54) is 19.2 Å². The van der Waals surface area contributed by atoms with Gasteiger partial charge < -0.3 is 9.64 Å². The smallest absolute Gasteiger partial charge is 0.311 e. The monoisotopic (exact) mass is 490 g/mol. The van der Waals surface area contributed by atoms with Crippen molar-refractivity contribution in [1.29, 1.82) is 0 Å². The molecule has 1 spiro atoms. The maximum Gasteiger partial charge on any atom is 0.311 e. The summed E-state index contributed by atoms with van der Waals surface area (Å²) in [6, 6.07) is 10.0. The van der Waals surface area contributed by atoms with Crippen molar-refractivity contribution in [2.45, 2.75) is 38.3 Å². The average Bonchev–Trinajstić information content (AvgIpc) is 3.56. The lowest BCUT2D eigenvalue weighted by molar-refractivity contribution is -0.385. The fourth-order valence-electron chi connectivity index (χ4n) is 7.10. The van der Waals surface area contributed by atoms with E-state index in [0.29, 0.717) is 18.7 Å². The third-order valence-electron chi connectivity index (χ3n) is 8.40. The molecule has 0 radical (unpaired) electrons. The number of ether oxygens (including phenoxy) is 1. The normalized spacial score (nSPS) is 28.8. The molecule has 3 amide bonds. The van der Waals surface area contributed by atoms with E-state index < -0.39 is 28.2 Å². The molecule has 0 aliphatic carbocycles. The van der Waals surface area contributed by atoms with Gasteiger partial charge in [-0.3, -0.25) is 29.4 Å². The summed E-state index contributed by atoms with van der Waals surface area (Å²) in [7, 11) is 1.31. The first-order chi connectivity index (χ1) is 17.3. The van der Waals surface area contributed by atoms with Crippen LogP contribution in [0, 0.1) is 28.9 Å². The van der Waals surface area contributed by atoms with E-state index in [2.05, 4.69) is 4.90 Å². The number of nitrogens with zero attached hydrogens (tertiary/aromatic N) is 4. The van der Waals surface area contributed by atoms with Gasteiger partial charge in [0, 0.05) is 36.0 Å². The Labute approximate surface area is 207 Å². The van der Waals surface area contributed by atoms with Crippen molar-refractivity contribution in [3.8, 4) is 5.75 Å². The second kappa shape index (κ2) is 7.60. The number of fused-ring (bicyclic) bond motifs is 7. The predicted molar refractivity (Wildman–Crippen MR) is 130 cm³/mol. The molecule has 6 rings (SSSR count). The lowest BCUT2D eigenvalue weighted by Gasteiger charge is -2.37. The Bertz CT molecular complexity index is 1360. The molecular weight excluding hydrogens is 464 g/mol. The minimum absolute atomic E-state index is 0.0325. The largest absolute Gasteiger partial charge is 0.490 e. The summed E-state index contributed by atoms with van der Waals surface area (Å²) in [5.74, 6) is -2.55. The van der Waals surface area contributed by atoms with Crippen molar-refractivity contribution in [1.82, 2.24) is 4.90 Å². The standard InChI is InChI=1S/C26H26N4O6/c1-4-27-16-9-6-5-8-15(16)26(25(27)33)22-21(17-10-7-11-28(17)26)23(31)29(24(22)32)18-13-20(36-3)19(30(34)35)12-14(18)2/h5-6,8-9,12-13,17,21-22H,4,7,10-11H2,1-3H3/t17-,21-,22-,26+/m1/s1. The summed E-state index contributed by atoms with van der Waals surface area (Å²) in [5.41, 5.74) is 0.747. The van der Waals surface area contributed by atoms with Crippen molar-refractivity contribution < 1.29 is 24.0 Å². The molecule has 3 saturated heterocycles. The summed E-state index contributed by atoms with van der Waals surface area (Å²) in [4.78, 5) is 58.3. The fourth-order valence-corrected chi connectivity index (χ4v) is 7.10. The molecule has 36 heavy (non-hydrogen) atoms. The number of para-hydroxylation sites is 1. The Hall–Kier alpha value is -3.79. The summed E-state index contributed by atoms with van der Waals surface area (Å²) >= 11 is 0. The lowest BCUT2D eigenvalue weighted by atomic mass is 9.75. The third kappa shape index (κ3) is 2.52. The van der Waals surface area contributed by atoms with Gasteiger partial charge in [0.15, 0.2) is 5.75 Å². The first-order valence-electron chi connectivity index (χ1n) is 12.2. The summed E-state index contributed by atoms with van der Waals surface area (Å²) in [6.45, 7) is 4.63. The predicted octanol–water partition coefficient (Wildman–Crippen LogP) is 2.76. The Balaban J connectivity index is 1.55. The molecular formula is C26H26N4O6. The maximum atomic E-state index is 14.2. The number of amides is 3. The van der Waals surface area contributed by atoms with Crippen LogP contribution in [0.3, 0.4) is 0 Å². The molecule has 4 aliphatic heterocycles. The first-order valence-corrected chi connectivity index (χ1v) is 12.2. The van der Waals surface area contributed by atoms with Crippen LogP contribution in [-0.2, 0) is 19.9 Å². The number of carbonyl (C=O) groups is 3. The van der Waals surface area contributed by atoms with Crippen LogP contribution in [0.1, 0.15) is 30.9 Å². The number of carbonyl (C=O) groups excluding carboxylic acids is 3. The quantitative estimate of drug-likeness (QED) is 0.368. The minimum atomic E-state index is -1.24. The van der Waals surface area contributed by atoms with Gasteiger partial charge in [-0.05, 0) is 44.9 Å². The molecule has 0 N–H and O–H groups in total. The molecule has 186 valence electrons. The zero-order valence-electron chi connectivity index (χ0n) is 20.3. The van der Waals surface area contributed by atoms with Crippen LogP contribution in [0.4, 0.5) is 17.1 Å². The number of aryl methyl sites for hydroxylation is 1. The van der Waals surface area contributed by atoms with Gasteiger partial charge in [-0.25, -0.2) is 4.90 Å². The molecule has 4 aliphatic rings. The molecule has 0 saturated carbocycles. The van der Waals surface area contributed by atoms with Crippen LogP contribution in [0.5, 0.6) is 5.75 Å². The van der Waals surface area contributed by atoms with Crippen molar-refractivity contribution in [2.75, 3.05) is 30.0 Å². The molecule has 0 unspecified atom stereocenters. The SMILES string of the molecule is CCN1C(=O)[C@]2(c3ccccc31)[C@H]1C(=O)N(c3cc(OC)c([N+](=O)[O-])cc3C)C(=O)[C@@H]1[C@H]1CCCN12. The van der Waals surface area contributed by atoms with E-state index in [4.69, 9.17) is 4.74 Å². The Kier molecular flexibility index (Phi) is 4.79. The molecule has 0 bridgehead atoms. The zero-order chi connectivity index (χ0) is 25.5. The number of nitro groups is 1. The number of imide groups is 1. The van der Waals surface area contributed by atoms with Crippen LogP contribution in [0.15, 0.2) is 36.4 Å². The molecule has 3 fully saturated rings. The van der Waals surface area contributed by atoms with E-state index >= 15 is 0 Å². The number of rotatable bonds is 4. The number of anilines is 2. The highest BCUT2D eigenvalue weighted by Gasteiger charge is 2.75. The van der Waals surface area contributed by atoms with Crippen molar-refractivity contribution in [3.05, 3.63) is 57.6 Å². The molecule has 10 heteroatoms. The summed E-state index contributed by atoms with van der Waals surface area (Å²) in [5, 5.41) is 11.5. The van der Waals surface area contributed by atoms with Crippen molar-refractivity contribution >= 4 is 34.8 Å². The highest BCUT2D eigenvalue weighted by molar-refractivity contribution is 6.26. The third-order valence-corrected chi connectivity index (χ3v) is 8.40. The second-order valence-corrected chi connectivity index (χ2v) is 9.82. The van der Waals surface area contributed by atoms with Crippen LogP contribution in [0.25, 0.3) is 0 Å². The maximum absolute atomic E-state index is 14.2. The highest BCUT2D eigenvalue weighted by Crippen LogP contribution is 2.62. The van der Waals surface area contributed by atoms with Crippen LogP contribution in [-0.4, -0.2) is 53.8 Å². The van der Waals surface area contributed by atoms with Gasteiger partial charge in [0.1, 0.15) is 5.54 Å². The van der Waals surface area contributed by atoms with Crippen LogP contribution in [0.2, 0.25) is 0 Å². The second-order valence-electron chi connectivity index (χ2n) is 9.82. The fraction of sp³-hybridized carbons (Fsp3) is 0.423. The lowest BCUT2D eigenvalue weighted by Crippen LogP contribution is -2.56. The van der Waals surface area contributed by atoms with E-state index in [0.717, 1.165) is 29.0 Å². The number of benzene rings is 2. The summed E-state index contributed by atoms with van der Waals surface area (Å²) in [6.07, 6.45) is 1.56. The van der Waals surface area contributed by atoms with E-state index in [-0.39, 0.29) is 35.0 Å². The number of hydrogen-bond donors (Lipinski definition) is 0. The van der Waals surface area contributed by atoms with E-state index in [1.54, 1.807) is 11.8 Å². The van der Waals surface area contributed by atoms with Gasteiger partial charge in [0.25, 0.3) is 5.91 Å². The Morgan fingerprint density at radius 3 is 2.58 bits per heavy atom. The topological polar surface area (TPSA) is 113 Å². The molecule has 4 heterocycles. The molecule has 2 aromatic rings. The molecule has 10 nitrogen and oxygen atoms in total. The summed E-state index contributed by atoms with van der Waals surface area (Å²) < 4.78 is 5.22. The van der Waals surface area contributed by atoms with Gasteiger partial charge in [0.2, 0.25) is 11.8 Å². The van der Waals surface area contributed by atoms with Gasteiger partial charge >= 0.3 is 5.69 Å². The van der Waals surface area contributed by atoms with Gasteiger partial charge in [0.05, 0.1) is 29.6 Å². The van der Waals surface area contributed by atoms with Crippen LogP contribution >= 0.6 is 0 Å². The molecule has 4 atom stereocenters. The van der Waals surface area contributed by atoms with Crippen molar-refractivity contribution in [3.63, 3.8) is 0 Å². The molecule has 2 aromatic carbocycles. The minimum Gasteiger partial charge on any atom is -0.490 e.